The molecule has 0 aliphatic carbocycles. The molecule has 0 radical (unpaired) electrons. The number of carbonyl (C=O) groups is 1. The molecule has 1 aliphatic heterocycles. The maximum absolute atomic E-state index is 12.9. The Bertz CT molecular complexity index is 1010. The summed E-state index contributed by atoms with van der Waals surface area (Å²) in [5, 5.41) is 10.1. The van der Waals surface area contributed by atoms with Crippen molar-refractivity contribution >= 4 is 38.3 Å². The second kappa shape index (κ2) is 8.74. The molecule has 0 atom stereocenters. The predicted molar refractivity (Wildman–Crippen MR) is 117 cm³/mol. The number of hydrogen-bond donors (Lipinski definition) is 1. The molecule has 29 heavy (non-hydrogen) atoms. The maximum atomic E-state index is 12.9. The van der Waals surface area contributed by atoms with Gasteiger partial charge in [0.2, 0.25) is 0 Å². The van der Waals surface area contributed by atoms with Gasteiger partial charge in [-0.15, -0.1) is 11.3 Å². The van der Waals surface area contributed by atoms with E-state index in [9.17, 15) is 4.79 Å². The standard InChI is InChI=1S/C20H22BrN5O2S/c1-13-18(14(2)26(24-13)17-5-3-15(21)4-6-17)19(27)23-20-22-16(12-29-20)11-25-7-9-28-10-8-25/h3-6,12H,7-11H2,1-2H3,(H,22,23,27). The molecule has 0 spiro atoms. The number of aryl methyl sites for hydroxylation is 1. The van der Waals surface area contributed by atoms with E-state index >= 15 is 0 Å². The van der Waals surface area contributed by atoms with Crippen LogP contribution in [0.4, 0.5) is 5.13 Å². The van der Waals surface area contributed by atoms with Gasteiger partial charge in [0, 0.05) is 29.5 Å². The van der Waals surface area contributed by atoms with Crippen molar-refractivity contribution in [2.24, 2.45) is 0 Å². The molecule has 152 valence electrons. The Morgan fingerprint density at radius 2 is 1.97 bits per heavy atom. The number of nitrogens with one attached hydrogen (secondary N) is 1. The van der Waals surface area contributed by atoms with Crippen molar-refractivity contribution in [2.45, 2.75) is 20.4 Å². The van der Waals surface area contributed by atoms with E-state index in [2.05, 4.69) is 36.2 Å². The van der Waals surface area contributed by atoms with Gasteiger partial charge in [0.15, 0.2) is 5.13 Å². The minimum Gasteiger partial charge on any atom is -0.379 e. The van der Waals surface area contributed by atoms with Crippen LogP contribution in [0.25, 0.3) is 5.69 Å². The molecule has 7 nitrogen and oxygen atoms in total. The Labute approximate surface area is 181 Å². The number of hydrogen-bond acceptors (Lipinski definition) is 6. The number of carbonyl (C=O) groups excluding carboxylic acids is 1. The van der Waals surface area contributed by atoms with Gasteiger partial charge in [-0.3, -0.25) is 15.0 Å². The summed E-state index contributed by atoms with van der Waals surface area (Å²) in [6, 6.07) is 7.84. The summed E-state index contributed by atoms with van der Waals surface area (Å²) < 4.78 is 8.17. The molecule has 4 rings (SSSR count). The summed E-state index contributed by atoms with van der Waals surface area (Å²) in [6.07, 6.45) is 0. The van der Waals surface area contributed by atoms with Gasteiger partial charge in [0.25, 0.3) is 5.91 Å². The van der Waals surface area contributed by atoms with Gasteiger partial charge in [-0.1, -0.05) is 15.9 Å². The average Bonchev–Trinajstić information content (AvgIpc) is 3.26. The summed E-state index contributed by atoms with van der Waals surface area (Å²) >= 11 is 4.89. The Kier molecular flexibility index (Phi) is 6.09. The zero-order valence-corrected chi connectivity index (χ0v) is 18.7. The average molecular weight is 476 g/mol. The third-order valence-electron chi connectivity index (χ3n) is 4.85. The quantitative estimate of drug-likeness (QED) is 0.607. The molecule has 1 fully saturated rings. The molecule has 9 heteroatoms. The zero-order chi connectivity index (χ0) is 20.4. The van der Waals surface area contributed by atoms with Gasteiger partial charge >= 0.3 is 0 Å². The number of aromatic nitrogens is 3. The molecule has 3 heterocycles. The lowest BCUT2D eigenvalue weighted by Crippen LogP contribution is -2.35. The van der Waals surface area contributed by atoms with Gasteiger partial charge in [-0.25, -0.2) is 9.67 Å². The zero-order valence-electron chi connectivity index (χ0n) is 16.3. The fraction of sp³-hybridized carbons (Fsp3) is 0.350. The van der Waals surface area contributed by atoms with E-state index in [-0.39, 0.29) is 5.91 Å². The van der Waals surface area contributed by atoms with Crippen LogP contribution in [-0.4, -0.2) is 51.9 Å². The summed E-state index contributed by atoms with van der Waals surface area (Å²) in [6.45, 7) is 7.86. The summed E-state index contributed by atoms with van der Waals surface area (Å²) in [5.74, 6) is -0.185. The van der Waals surface area contributed by atoms with E-state index < -0.39 is 0 Å². The van der Waals surface area contributed by atoms with Crippen LogP contribution in [0.15, 0.2) is 34.1 Å². The largest absolute Gasteiger partial charge is 0.379 e. The summed E-state index contributed by atoms with van der Waals surface area (Å²) in [5.41, 5.74) is 3.94. The fourth-order valence-corrected chi connectivity index (χ4v) is 4.35. The molecule has 0 unspecified atom stereocenters. The lowest BCUT2D eigenvalue weighted by Gasteiger charge is -2.25. The monoisotopic (exact) mass is 475 g/mol. The molecule has 0 saturated carbocycles. The van der Waals surface area contributed by atoms with E-state index in [4.69, 9.17) is 4.74 Å². The highest BCUT2D eigenvalue weighted by Gasteiger charge is 2.21. The van der Waals surface area contributed by atoms with Crippen LogP contribution in [0.5, 0.6) is 0 Å². The molecule has 3 aromatic rings. The lowest BCUT2D eigenvalue weighted by atomic mass is 10.2. The Hall–Kier alpha value is -2.07. The van der Waals surface area contributed by atoms with Crippen molar-refractivity contribution in [2.75, 3.05) is 31.6 Å². The topological polar surface area (TPSA) is 72.3 Å². The first-order valence-electron chi connectivity index (χ1n) is 9.39. The van der Waals surface area contributed by atoms with E-state index in [0.717, 1.165) is 54.4 Å². The number of benzene rings is 1. The number of ether oxygens (including phenoxy) is 1. The second-order valence-electron chi connectivity index (χ2n) is 6.92. The van der Waals surface area contributed by atoms with E-state index in [1.54, 1.807) is 4.68 Å². The third-order valence-corrected chi connectivity index (χ3v) is 6.19. The Balaban J connectivity index is 1.48. The van der Waals surface area contributed by atoms with Gasteiger partial charge < -0.3 is 4.74 Å². The third kappa shape index (κ3) is 4.58. The minimum absolute atomic E-state index is 0.185. The normalized spacial score (nSPS) is 14.9. The summed E-state index contributed by atoms with van der Waals surface area (Å²) in [4.78, 5) is 19.8. The van der Waals surface area contributed by atoms with Crippen molar-refractivity contribution in [1.29, 1.82) is 0 Å². The Morgan fingerprint density at radius 3 is 2.69 bits per heavy atom. The first-order chi connectivity index (χ1) is 14.0. The number of nitrogens with zero attached hydrogens (tertiary/aromatic N) is 4. The fourth-order valence-electron chi connectivity index (χ4n) is 3.39. The predicted octanol–water partition coefficient (Wildman–Crippen LogP) is 3.79. The second-order valence-corrected chi connectivity index (χ2v) is 8.69. The van der Waals surface area contributed by atoms with Crippen LogP contribution in [0.1, 0.15) is 27.4 Å². The van der Waals surface area contributed by atoms with Crippen LogP contribution in [-0.2, 0) is 11.3 Å². The molecule has 1 saturated heterocycles. The number of amides is 1. The molecular formula is C20H22BrN5O2S. The van der Waals surface area contributed by atoms with Gasteiger partial charge in [-0.2, -0.15) is 5.10 Å². The highest BCUT2D eigenvalue weighted by atomic mass is 79.9. The smallest absolute Gasteiger partial charge is 0.261 e. The van der Waals surface area contributed by atoms with Crippen molar-refractivity contribution in [3.8, 4) is 5.69 Å². The highest BCUT2D eigenvalue weighted by Crippen LogP contribution is 2.23. The van der Waals surface area contributed by atoms with Crippen LogP contribution in [0.3, 0.4) is 0 Å². The highest BCUT2D eigenvalue weighted by molar-refractivity contribution is 9.10. The summed E-state index contributed by atoms with van der Waals surface area (Å²) in [7, 11) is 0. The van der Waals surface area contributed by atoms with E-state index in [1.807, 2.05) is 43.5 Å². The van der Waals surface area contributed by atoms with E-state index in [0.29, 0.717) is 16.4 Å². The van der Waals surface area contributed by atoms with Crippen molar-refractivity contribution in [1.82, 2.24) is 19.7 Å². The van der Waals surface area contributed by atoms with Crippen molar-refractivity contribution < 1.29 is 9.53 Å². The molecule has 1 aromatic carbocycles. The molecule has 1 amide bonds. The molecule has 2 aromatic heterocycles. The lowest BCUT2D eigenvalue weighted by molar-refractivity contribution is 0.0337. The maximum Gasteiger partial charge on any atom is 0.261 e. The van der Waals surface area contributed by atoms with Gasteiger partial charge in [-0.05, 0) is 38.1 Å². The number of morpholine rings is 1. The van der Waals surface area contributed by atoms with Crippen molar-refractivity contribution in [3.63, 3.8) is 0 Å². The first-order valence-corrected chi connectivity index (χ1v) is 11.1. The SMILES string of the molecule is Cc1nn(-c2ccc(Br)cc2)c(C)c1C(=O)Nc1nc(CN2CCOCC2)cs1. The molecule has 1 N–H and O–H groups in total. The molecule has 1 aliphatic rings. The Morgan fingerprint density at radius 1 is 1.24 bits per heavy atom. The van der Waals surface area contributed by atoms with Crippen LogP contribution >= 0.6 is 27.3 Å². The number of halogens is 1. The van der Waals surface area contributed by atoms with Crippen LogP contribution < -0.4 is 5.32 Å². The first kappa shape index (κ1) is 20.2. The molecule has 0 bridgehead atoms. The van der Waals surface area contributed by atoms with Gasteiger partial charge in [0.1, 0.15) is 0 Å². The molecular weight excluding hydrogens is 454 g/mol. The van der Waals surface area contributed by atoms with Crippen LogP contribution in [0, 0.1) is 13.8 Å². The van der Waals surface area contributed by atoms with E-state index in [1.165, 1.54) is 11.3 Å². The van der Waals surface area contributed by atoms with Crippen LogP contribution in [0.2, 0.25) is 0 Å². The van der Waals surface area contributed by atoms with Gasteiger partial charge in [0.05, 0.1) is 41.5 Å². The number of thiazole rings is 1. The number of anilines is 1. The minimum atomic E-state index is -0.185. The number of rotatable bonds is 5. The van der Waals surface area contributed by atoms with Crippen molar-refractivity contribution in [3.05, 3.63) is 56.8 Å².